The summed E-state index contributed by atoms with van der Waals surface area (Å²) in [5, 5.41) is 7.49. The van der Waals surface area contributed by atoms with Crippen LogP contribution in [0, 0.1) is 13.8 Å². The molecule has 122 valence electrons. The summed E-state index contributed by atoms with van der Waals surface area (Å²) in [6.45, 7) is 3.91. The topological polar surface area (TPSA) is 82.9 Å². The number of hydrazone groups is 2. The standard InChI is InChI=1S/C18H18N4O2/c1-13-5-3-7-15(9-13)11-19-21-17(23)18(24)22-20-12-16-8-4-6-14(2)10-16/h3-12H,1-2H3,(H,21,23)(H,22,24)/b19-11-,20-12-. The summed E-state index contributed by atoms with van der Waals surface area (Å²) in [5.41, 5.74) is 8.11. The molecule has 0 heterocycles. The largest absolute Gasteiger partial charge is 0.331 e. The van der Waals surface area contributed by atoms with E-state index in [1.807, 2.05) is 62.4 Å². The van der Waals surface area contributed by atoms with Gasteiger partial charge >= 0.3 is 11.8 Å². The lowest BCUT2D eigenvalue weighted by atomic mass is 10.2. The van der Waals surface area contributed by atoms with Crippen LogP contribution in [0.2, 0.25) is 0 Å². The van der Waals surface area contributed by atoms with Crippen LogP contribution >= 0.6 is 0 Å². The first-order chi connectivity index (χ1) is 11.5. The van der Waals surface area contributed by atoms with Crippen molar-refractivity contribution in [2.75, 3.05) is 0 Å². The number of amides is 2. The van der Waals surface area contributed by atoms with Gasteiger partial charge in [-0.05, 0) is 25.0 Å². The molecule has 0 bridgehead atoms. The normalized spacial score (nSPS) is 10.9. The van der Waals surface area contributed by atoms with Crippen molar-refractivity contribution >= 4 is 24.2 Å². The second-order valence-electron chi connectivity index (χ2n) is 5.23. The highest BCUT2D eigenvalue weighted by Gasteiger charge is 2.10. The molecule has 0 atom stereocenters. The first-order valence-electron chi connectivity index (χ1n) is 7.34. The van der Waals surface area contributed by atoms with Gasteiger partial charge in [0.2, 0.25) is 0 Å². The Labute approximate surface area is 140 Å². The Balaban J connectivity index is 1.83. The minimum absolute atomic E-state index is 0.827. The second-order valence-corrected chi connectivity index (χ2v) is 5.23. The predicted molar refractivity (Wildman–Crippen MR) is 93.8 cm³/mol. The maximum absolute atomic E-state index is 11.6. The number of aryl methyl sites for hydroxylation is 2. The highest BCUT2D eigenvalue weighted by Crippen LogP contribution is 2.01. The van der Waals surface area contributed by atoms with E-state index in [1.54, 1.807) is 0 Å². The number of carbonyl (C=O) groups excluding carboxylic acids is 2. The SMILES string of the molecule is Cc1cccc(/C=N\NC(=O)C(=O)N/N=C\c2cccc(C)c2)c1. The van der Waals surface area contributed by atoms with Crippen molar-refractivity contribution in [3.05, 3.63) is 70.8 Å². The van der Waals surface area contributed by atoms with Gasteiger partial charge in [-0.25, -0.2) is 10.9 Å². The lowest BCUT2D eigenvalue weighted by Crippen LogP contribution is -2.35. The predicted octanol–water partition coefficient (Wildman–Crippen LogP) is 1.90. The number of benzene rings is 2. The fourth-order valence-corrected chi connectivity index (χ4v) is 1.93. The maximum Gasteiger partial charge on any atom is 0.331 e. The lowest BCUT2D eigenvalue weighted by Gasteiger charge is -1.99. The Hall–Kier alpha value is -3.28. The molecule has 2 rings (SSSR count). The second kappa shape index (κ2) is 8.38. The monoisotopic (exact) mass is 322 g/mol. The molecule has 0 aromatic heterocycles. The molecule has 6 nitrogen and oxygen atoms in total. The van der Waals surface area contributed by atoms with Crippen molar-refractivity contribution in [3.8, 4) is 0 Å². The number of hydrogen-bond acceptors (Lipinski definition) is 4. The summed E-state index contributed by atoms with van der Waals surface area (Å²) in [4.78, 5) is 23.2. The molecular formula is C18H18N4O2. The molecule has 0 aliphatic rings. The molecule has 0 aliphatic heterocycles. The lowest BCUT2D eigenvalue weighted by molar-refractivity contribution is -0.139. The van der Waals surface area contributed by atoms with Crippen LogP contribution in [0.1, 0.15) is 22.3 Å². The molecule has 0 unspecified atom stereocenters. The van der Waals surface area contributed by atoms with Crippen LogP contribution < -0.4 is 10.9 Å². The average molecular weight is 322 g/mol. The Morgan fingerprint density at radius 2 is 1.21 bits per heavy atom. The fraction of sp³-hybridized carbons (Fsp3) is 0.111. The van der Waals surface area contributed by atoms with Crippen LogP contribution in [0.4, 0.5) is 0 Å². The fourth-order valence-electron chi connectivity index (χ4n) is 1.93. The van der Waals surface area contributed by atoms with Crippen molar-refractivity contribution in [1.82, 2.24) is 10.9 Å². The van der Waals surface area contributed by atoms with Crippen LogP contribution in [0.3, 0.4) is 0 Å². The number of carbonyl (C=O) groups is 2. The summed E-state index contributed by atoms with van der Waals surface area (Å²) < 4.78 is 0. The van der Waals surface area contributed by atoms with E-state index in [0.29, 0.717) is 0 Å². The summed E-state index contributed by atoms with van der Waals surface area (Å²) in [6.07, 6.45) is 2.93. The van der Waals surface area contributed by atoms with E-state index in [2.05, 4.69) is 21.1 Å². The van der Waals surface area contributed by atoms with Gasteiger partial charge in [0.05, 0.1) is 12.4 Å². The van der Waals surface area contributed by atoms with Gasteiger partial charge < -0.3 is 0 Å². The maximum atomic E-state index is 11.6. The molecule has 2 N–H and O–H groups in total. The van der Waals surface area contributed by atoms with Crippen molar-refractivity contribution in [3.63, 3.8) is 0 Å². The molecule has 24 heavy (non-hydrogen) atoms. The number of hydrogen-bond donors (Lipinski definition) is 2. The third kappa shape index (κ3) is 5.49. The Morgan fingerprint density at radius 3 is 1.58 bits per heavy atom. The summed E-state index contributed by atoms with van der Waals surface area (Å²) in [7, 11) is 0. The first-order valence-corrected chi connectivity index (χ1v) is 7.34. The number of nitrogens with zero attached hydrogens (tertiary/aromatic N) is 2. The molecule has 0 radical (unpaired) electrons. The zero-order valence-electron chi connectivity index (χ0n) is 13.5. The molecule has 6 heteroatoms. The van der Waals surface area contributed by atoms with Gasteiger partial charge in [-0.15, -0.1) is 0 Å². The minimum Gasteiger partial charge on any atom is -0.262 e. The van der Waals surface area contributed by atoms with Gasteiger partial charge in [-0.1, -0.05) is 59.7 Å². The van der Waals surface area contributed by atoms with Crippen LogP contribution in [-0.2, 0) is 9.59 Å². The van der Waals surface area contributed by atoms with Gasteiger partial charge in [0.25, 0.3) is 0 Å². The van der Waals surface area contributed by atoms with Crippen molar-refractivity contribution in [1.29, 1.82) is 0 Å². The minimum atomic E-state index is -0.889. The Kier molecular flexibility index (Phi) is 5.96. The van der Waals surface area contributed by atoms with E-state index in [9.17, 15) is 9.59 Å². The van der Waals surface area contributed by atoms with Gasteiger partial charge in [0, 0.05) is 0 Å². The van der Waals surface area contributed by atoms with Crippen LogP contribution in [0.15, 0.2) is 58.7 Å². The molecule has 0 fully saturated rings. The Morgan fingerprint density at radius 1 is 0.792 bits per heavy atom. The number of rotatable bonds is 4. The third-order valence-electron chi connectivity index (χ3n) is 3.05. The molecule has 0 aliphatic carbocycles. The van der Waals surface area contributed by atoms with Gasteiger partial charge in [0.1, 0.15) is 0 Å². The molecular weight excluding hydrogens is 304 g/mol. The van der Waals surface area contributed by atoms with Crippen molar-refractivity contribution in [2.24, 2.45) is 10.2 Å². The van der Waals surface area contributed by atoms with Crippen molar-refractivity contribution < 1.29 is 9.59 Å². The van der Waals surface area contributed by atoms with Crippen molar-refractivity contribution in [2.45, 2.75) is 13.8 Å². The third-order valence-corrected chi connectivity index (χ3v) is 3.05. The van der Waals surface area contributed by atoms with E-state index in [-0.39, 0.29) is 0 Å². The molecule has 0 saturated heterocycles. The summed E-state index contributed by atoms with van der Waals surface area (Å²) >= 11 is 0. The van der Waals surface area contributed by atoms with Crippen LogP contribution in [0.5, 0.6) is 0 Å². The summed E-state index contributed by atoms with van der Waals surface area (Å²) in [6, 6.07) is 15.2. The van der Waals surface area contributed by atoms with Gasteiger partial charge in [-0.2, -0.15) is 10.2 Å². The molecule has 2 aromatic carbocycles. The van der Waals surface area contributed by atoms with E-state index < -0.39 is 11.8 Å². The van der Waals surface area contributed by atoms with E-state index in [1.165, 1.54) is 12.4 Å². The van der Waals surface area contributed by atoms with Crippen LogP contribution in [-0.4, -0.2) is 24.2 Å². The van der Waals surface area contributed by atoms with E-state index in [0.717, 1.165) is 22.3 Å². The van der Waals surface area contributed by atoms with Crippen LogP contribution in [0.25, 0.3) is 0 Å². The quantitative estimate of drug-likeness (QED) is 0.512. The number of nitrogens with one attached hydrogen (secondary N) is 2. The zero-order chi connectivity index (χ0) is 17.4. The molecule has 0 saturated carbocycles. The van der Waals surface area contributed by atoms with Gasteiger partial charge in [0.15, 0.2) is 0 Å². The smallest absolute Gasteiger partial charge is 0.262 e. The Bertz CT molecular complexity index is 730. The molecule has 2 amide bonds. The molecule has 2 aromatic rings. The first kappa shape index (κ1) is 17.1. The molecule has 0 spiro atoms. The summed E-state index contributed by atoms with van der Waals surface area (Å²) in [5.74, 6) is -1.78. The zero-order valence-corrected chi connectivity index (χ0v) is 13.5. The average Bonchev–Trinajstić information content (AvgIpc) is 2.55. The highest BCUT2D eigenvalue weighted by molar-refractivity contribution is 6.35. The van der Waals surface area contributed by atoms with E-state index >= 15 is 0 Å². The van der Waals surface area contributed by atoms with E-state index in [4.69, 9.17) is 0 Å². The van der Waals surface area contributed by atoms with Gasteiger partial charge in [-0.3, -0.25) is 9.59 Å². The highest BCUT2D eigenvalue weighted by atomic mass is 16.2.